The third-order valence-corrected chi connectivity index (χ3v) is 4.58. The monoisotopic (exact) mass is 362 g/mol. The Morgan fingerprint density at radius 2 is 2.12 bits per heavy atom. The van der Waals surface area contributed by atoms with Crippen LogP contribution in [0.5, 0.6) is 11.5 Å². The first-order chi connectivity index (χ1) is 12.5. The van der Waals surface area contributed by atoms with E-state index >= 15 is 0 Å². The van der Waals surface area contributed by atoms with Crippen LogP contribution >= 0.6 is 0 Å². The fourth-order valence-electron chi connectivity index (χ4n) is 2.97. The Morgan fingerprint density at radius 1 is 1.31 bits per heavy atom. The number of nitrogens with one attached hydrogen (secondary N) is 1. The lowest BCUT2D eigenvalue weighted by Gasteiger charge is -2.26. The maximum absolute atomic E-state index is 12.3. The highest BCUT2D eigenvalue weighted by Gasteiger charge is 2.21. The van der Waals surface area contributed by atoms with Crippen LogP contribution in [-0.2, 0) is 9.59 Å². The standard InChI is InChI=1S/C20H30N2O4/c1-4-5-12-26-17-10-9-16(13-18(17)25-3)15(2)21-19(23)14-22-11-7-6-8-20(22)24/h9-10,13,15H,4-8,11-12,14H2,1-3H3,(H,21,23). The fraction of sp³-hybridized carbons (Fsp3) is 0.600. The van der Waals surface area contributed by atoms with Crippen LogP contribution < -0.4 is 14.8 Å². The van der Waals surface area contributed by atoms with Gasteiger partial charge in [-0.2, -0.15) is 0 Å². The molecule has 2 rings (SSSR count). The number of ether oxygens (including phenoxy) is 2. The molecule has 1 unspecified atom stereocenters. The van der Waals surface area contributed by atoms with Gasteiger partial charge in [0, 0.05) is 13.0 Å². The second-order valence-electron chi connectivity index (χ2n) is 6.67. The highest BCUT2D eigenvalue weighted by molar-refractivity contribution is 5.85. The predicted molar refractivity (Wildman–Crippen MR) is 100 cm³/mol. The molecule has 1 atom stereocenters. The summed E-state index contributed by atoms with van der Waals surface area (Å²) in [7, 11) is 1.61. The van der Waals surface area contributed by atoms with Crippen LogP contribution in [0.4, 0.5) is 0 Å². The van der Waals surface area contributed by atoms with Gasteiger partial charge in [-0.05, 0) is 43.9 Å². The maximum atomic E-state index is 12.3. The Kier molecular flexibility index (Phi) is 7.75. The Labute approximate surface area is 155 Å². The molecule has 0 aliphatic carbocycles. The predicted octanol–water partition coefficient (Wildman–Crippen LogP) is 3.06. The summed E-state index contributed by atoms with van der Waals surface area (Å²) >= 11 is 0. The zero-order chi connectivity index (χ0) is 18.9. The zero-order valence-electron chi connectivity index (χ0n) is 16.0. The van der Waals surface area contributed by atoms with E-state index in [4.69, 9.17) is 9.47 Å². The number of carbonyl (C=O) groups is 2. The first kappa shape index (κ1) is 20.1. The van der Waals surface area contributed by atoms with Gasteiger partial charge in [-0.15, -0.1) is 0 Å². The molecule has 1 aliphatic heterocycles. The van der Waals surface area contributed by atoms with E-state index in [1.807, 2.05) is 25.1 Å². The Morgan fingerprint density at radius 3 is 2.81 bits per heavy atom. The van der Waals surface area contributed by atoms with Gasteiger partial charge < -0.3 is 19.7 Å². The summed E-state index contributed by atoms with van der Waals surface area (Å²) < 4.78 is 11.2. The van der Waals surface area contributed by atoms with Crippen molar-refractivity contribution in [2.45, 2.75) is 52.0 Å². The van der Waals surface area contributed by atoms with E-state index in [2.05, 4.69) is 12.2 Å². The summed E-state index contributed by atoms with van der Waals surface area (Å²) in [6.07, 6.45) is 4.49. The first-order valence-electron chi connectivity index (χ1n) is 9.43. The highest BCUT2D eigenvalue weighted by atomic mass is 16.5. The molecule has 6 nitrogen and oxygen atoms in total. The van der Waals surface area contributed by atoms with Crippen LogP contribution in [0.25, 0.3) is 0 Å². The summed E-state index contributed by atoms with van der Waals surface area (Å²) in [5.41, 5.74) is 0.933. The van der Waals surface area contributed by atoms with Crippen molar-refractivity contribution in [1.82, 2.24) is 10.2 Å². The Hall–Kier alpha value is -2.24. The van der Waals surface area contributed by atoms with Gasteiger partial charge in [-0.1, -0.05) is 19.4 Å². The number of rotatable bonds is 9. The van der Waals surface area contributed by atoms with Crippen LogP contribution in [0.1, 0.15) is 57.6 Å². The number of unbranched alkanes of at least 4 members (excludes halogenated alkanes) is 1. The molecule has 0 spiro atoms. The van der Waals surface area contributed by atoms with Crippen molar-refractivity contribution in [2.24, 2.45) is 0 Å². The molecule has 0 bridgehead atoms. The van der Waals surface area contributed by atoms with Crippen molar-refractivity contribution in [2.75, 3.05) is 26.8 Å². The Bertz CT molecular complexity index is 618. The second kappa shape index (κ2) is 10.0. The summed E-state index contributed by atoms with van der Waals surface area (Å²) in [4.78, 5) is 25.7. The smallest absolute Gasteiger partial charge is 0.240 e. The number of amides is 2. The summed E-state index contributed by atoms with van der Waals surface area (Å²) in [5.74, 6) is 1.29. The molecule has 0 aromatic heterocycles. The van der Waals surface area contributed by atoms with Crippen LogP contribution in [-0.4, -0.2) is 43.5 Å². The van der Waals surface area contributed by atoms with Crippen molar-refractivity contribution in [3.8, 4) is 11.5 Å². The molecule has 0 saturated carbocycles. The Balaban J connectivity index is 1.94. The van der Waals surface area contributed by atoms with Crippen molar-refractivity contribution in [3.05, 3.63) is 23.8 Å². The van der Waals surface area contributed by atoms with Crippen molar-refractivity contribution in [3.63, 3.8) is 0 Å². The summed E-state index contributed by atoms with van der Waals surface area (Å²) in [6, 6.07) is 5.51. The number of carbonyl (C=O) groups excluding carboxylic acids is 2. The first-order valence-corrected chi connectivity index (χ1v) is 9.43. The van der Waals surface area contributed by atoms with Crippen molar-refractivity contribution >= 4 is 11.8 Å². The zero-order valence-corrected chi connectivity index (χ0v) is 16.0. The average Bonchev–Trinajstić information content (AvgIpc) is 2.64. The number of piperidine rings is 1. The second-order valence-corrected chi connectivity index (χ2v) is 6.67. The molecule has 1 N–H and O–H groups in total. The van der Waals surface area contributed by atoms with Gasteiger partial charge in [0.25, 0.3) is 0 Å². The number of methoxy groups -OCH3 is 1. The van der Waals surface area contributed by atoms with Gasteiger partial charge in [-0.3, -0.25) is 9.59 Å². The van der Waals surface area contributed by atoms with E-state index in [0.717, 1.165) is 31.2 Å². The van der Waals surface area contributed by atoms with E-state index in [0.29, 0.717) is 31.1 Å². The molecule has 2 amide bonds. The maximum Gasteiger partial charge on any atom is 0.240 e. The van der Waals surface area contributed by atoms with E-state index in [9.17, 15) is 9.59 Å². The molecule has 1 heterocycles. The van der Waals surface area contributed by atoms with Gasteiger partial charge in [0.15, 0.2) is 11.5 Å². The SMILES string of the molecule is CCCCOc1ccc(C(C)NC(=O)CN2CCCCC2=O)cc1OC. The normalized spacial score (nSPS) is 15.5. The van der Waals surface area contributed by atoms with Crippen LogP contribution in [0.3, 0.4) is 0 Å². The van der Waals surface area contributed by atoms with Crippen LogP contribution in [0.15, 0.2) is 18.2 Å². The third-order valence-electron chi connectivity index (χ3n) is 4.58. The van der Waals surface area contributed by atoms with Gasteiger partial charge in [0.1, 0.15) is 0 Å². The van der Waals surface area contributed by atoms with Gasteiger partial charge in [0.05, 0.1) is 26.3 Å². The molecule has 1 saturated heterocycles. The number of benzene rings is 1. The van der Waals surface area contributed by atoms with E-state index < -0.39 is 0 Å². The average molecular weight is 362 g/mol. The molecule has 144 valence electrons. The molecule has 1 aromatic carbocycles. The molecule has 1 fully saturated rings. The minimum Gasteiger partial charge on any atom is -0.493 e. The molecule has 0 radical (unpaired) electrons. The third kappa shape index (κ3) is 5.64. The molecule has 6 heteroatoms. The molecule has 26 heavy (non-hydrogen) atoms. The highest BCUT2D eigenvalue weighted by Crippen LogP contribution is 2.30. The lowest BCUT2D eigenvalue weighted by molar-refractivity contribution is -0.138. The van der Waals surface area contributed by atoms with Crippen molar-refractivity contribution < 1.29 is 19.1 Å². The van der Waals surface area contributed by atoms with Crippen LogP contribution in [0.2, 0.25) is 0 Å². The number of nitrogens with zero attached hydrogens (tertiary/aromatic N) is 1. The molecular formula is C20H30N2O4. The lowest BCUT2D eigenvalue weighted by atomic mass is 10.1. The quantitative estimate of drug-likeness (QED) is 0.686. The van der Waals surface area contributed by atoms with Gasteiger partial charge >= 0.3 is 0 Å². The van der Waals surface area contributed by atoms with E-state index in [1.54, 1.807) is 12.0 Å². The minimum absolute atomic E-state index is 0.0642. The molecule has 1 aliphatic rings. The van der Waals surface area contributed by atoms with E-state index in [1.165, 1.54) is 0 Å². The lowest BCUT2D eigenvalue weighted by Crippen LogP contribution is -2.43. The van der Waals surface area contributed by atoms with Gasteiger partial charge in [-0.25, -0.2) is 0 Å². The molecule has 1 aromatic rings. The summed E-state index contributed by atoms with van der Waals surface area (Å²) in [6.45, 7) is 5.48. The molecular weight excluding hydrogens is 332 g/mol. The van der Waals surface area contributed by atoms with Crippen LogP contribution in [0, 0.1) is 0 Å². The fourth-order valence-corrected chi connectivity index (χ4v) is 2.97. The number of hydrogen-bond acceptors (Lipinski definition) is 4. The number of hydrogen-bond donors (Lipinski definition) is 1. The minimum atomic E-state index is -0.180. The van der Waals surface area contributed by atoms with Gasteiger partial charge in [0.2, 0.25) is 11.8 Å². The topological polar surface area (TPSA) is 67.9 Å². The van der Waals surface area contributed by atoms with E-state index in [-0.39, 0.29) is 24.4 Å². The summed E-state index contributed by atoms with van der Waals surface area (Å²) in [5, 5.41) is 2.96. The largest absolute Gasteiger partial charge is 0.493 e. The van der Waals surface area contributed by atoms with Crippen molar-refractivity contribution in [1.29, 1.82) is 0 Å². The number of likely N-dealkylation sites (tertiary alicyclic amines) is 1.